The fourth-order valence-electron chi connectivity index (χ4n) is 3.74. The zero-order chi connectivity index (χ0) is 22.8. The van der Waals surface area contributed by atoms with Crippen molar-refractivity contribution in [2.75, 3.05) is 11.5 Å². The Bertz CT molecular complexity index is 1220. The number of hydrogen-bond acceptors (Lipinski definition) is 4. The summed E-state index contributed by atoms with van der Waals surface area (Å²) in [5.74, 6) is -1.97. The Labute approximate surface area is 189 Å². The first-order valence-electron chi connectivity index (χ1n) is 9.96. The number of carbonyl (C=O) groups excluding carboxylic acids is 2. The number of nitrogens with zero attached hydrogens (tertiary/aromatic N) is 1. The molecule has 32 heavy (non-hydrogen) atoms. The Balaban J connectivity index is 1.94. The van der Waals surface area contributed by atoms with E-state index in [2.05, 4.69) is 0 Å². The van der Waals surface area contributed by atoms with Gasteiger partial charge in [-0.3, -0.25) is 14.5 Å². The van der Waals surface area contributed by atoms with Crippen LogP contribution in [-0.2, 0) is 9.59 Å². The summed E-state index contributed by atoms with van der Waals surface area (Å²) in [6.45, 7) is 2.28. The van der Waals surface area contributed by atoms with Crippen LogP contribution < -0.4 is 9.64 Å². The Kier molecular flexibility index (Phi) is 5.97. The van der Waals surface area contributed by atoms with Gasteiger partial charge in [0.1, 0.15) is 17.3 Å². The molecule has 0 bridgehead atoms. The maximum Gasteiger partial charge on any atom is 0.300 e. The normalized spacial score (nSPS) is 17.6. The molecule has 1 N–H and O–H groups in total. The summed E-state index contributed by atoms with van der Waals surface area (Å²) in [7, 11) is 0. The van der Waals surface area contributed by atoms with Gasteiger partial charge in [-0.2, -0.15) is 0 Å². The van der Waals surface area contributed by atoms with E-state index in [4.69, 9.17) is 16.3 Å². The highest BCUT2D eigenvalue weighted by atomic mass is 35.5. The minimum absolute atomic E-state index is 0.102. The first kappa shape index (κ1) is 21.6. The monoisotopic (exact) mass is 451 g/mol. The van der Waals surface area contributed by atoms with Gasteiger partial charge in [0.2, 0.25) is 0 Å². The van der Waals surface area contributed by atoms with Gasteiger partial charge in [-0.15, -0.1) is 0 Å². The number of aliphatic hydroxyl groups excluding tert-OH is 1. The van der Waals surface area contributed by atoms with Crippen molar-refractivity contribution in [2.45, 2.75) is 13.0 Å². The summed E-state index contributed by atoms with van der Waals surface area (Å²) in [4.78, 5) is 27.5. The van der Waals surface area contributed by atoms with E-state index in [1.165, 1.54) is 29.2 Å². The van der Waals surface area contributed by atoms with Crippen molar-refractivity contribution in [3.63, 3.8) is 0 Å². The molecule has 1 saturated heterocycles. The molecule has 4 rings (SSSR count). The summed E-state index contributed by atoms with van der Waals surface area (Å²) in [6, 6.07) is 17.7. The van der Waals surface area contributed by atoms with Crippen molar-refractivity contribution in [1.29, 1.82) is 0 Å². The minimum atomic E-state index is -0.932. The molecule has 0 aromatic heterocycles. The minimum Gasteiger partial charge on any atom is -0.507 e. The first-order valence-corrected chi connectivity index (χ1v) is 10.3. The van der Waals surface area contributed by atoms with Gasteiger partial charge in [0.15, 0.2) is 0 Å². The van der Waals surface area contributed by atoms with Crippen LogP contribution in [0.3, 0.4) is 0 Å². The van der Waals surface area contributed by atoms with Gasteiger partial charge in [-0.05, 0) is 67.1 Å². The highest BCUT2D eigenvalue weighted by Gasteiger charge is 2.47. The van der Waals surface area contributed by atoms with E-state index in [-0.39, 0.29) is 16.9 Å². The molecule has 0 radical (unpaired) electrons. The maximum atomic E-state index is 13.4. The fourth-order valence-corrected chi connectivity index (χ4v) is 3.93. The number of carbonyl (C=O) groups is 2. The number of rotatable bonds is 5. The average Bonchev–Trinajstić information content (AvgIpc) is 3.05. The number of hydrogen-bond donors (Lipinski definition) is 1. The summed E-state index contributed by atoms with van der Waals surface area (Å²) < 4.78 is 19.0. The standard InChI is InChI=1S/C25H19ClFNO4/c1-2-32-20-8-3-5-16(13-20)22-21(23(29)15-9-11-18(27)12-10-15)24(30)25(31)28(22)19-7-4-6-17(26)14-19/h3-14,22,29H,2H2,1H3/b23-21+. The SMILES string of the molecule is CCOc1cccc(C2/C(=C(\O)c3ccc(F)cc3)C(=O)C(=O)N2c2cccc(Cl)c2)c1. The van der Waals surface area contributed by atoms with E-state index >= 15 is 0 Å². The van der Waals surface area contributed by atoms with Crippen LogP contribution in [0.1, 0.15) is 24.1 Å². The van der Waals surface area contributed by atoms with Crippen LogP contribution in [-0.4, -0.2) is 23.4 Å². The molecule has 162 valence electrons. The Morgan fingerprint density at radius 1 is 1.06 bits per heavy atom. The molecule has 7 heteroatoms. The molecule has 1 amide bonds. The molecule has 1 heterocycles. The van der Waals surface area contributed by atoms with Crippen molar-refractivity contribution in [1.82, 2.24) is 0 Å². The molecule has 1 aliphatic rings. The molecular formula is C25H19ClFNO4. The highest BCUT2D eigenvalue weighted by Crippen LogP contribution is 2.43. The maximum absolute atomic E-state index is 13.4. The molecule has 3 aromatic rings. The lowest BCUT2D eigenvalue weighted by Gasteiger charge is -2.26. The third kappa shape index (κ3) is 3.97. The van der Waals surface area contributed by atoms with Crippen molar-refractivity contribution < 1.29 is 23.8 Å². The quantitative estimate of drug-likeness (QED) is 0.316. The van der Waals surface area contributed by atoms with Crippen LogP contribution in [0.5, 0.6) is 5.75 Å². The largest absolute Gasteiger partial charge is 0.507 e. The fraction of sp³-hybridized carbons (Fsp3) is 0.120. The van der Waals surface area contributed by atoms with E-state index in [9.17, 15) is 19.1 Å². The third-order valence-electron chi connectivity index (χ3n) is 5.13. The molecule has 0 spiro atoms. The second kappa shape index (κ2) is 8.85. The number of benzene rings is 3. The van der Waals surface area contributed by atoms with Crippen LogP contribution in [0, 0.1) is 5.82 Å². The lowest BCUT2D eigenvalue weighted by atomic mass is 9.95. The lowest BCUT2D eigenvalue weighted by molar-refractivity contribution is -0.132. The van der Waals surface area contributed by atoms with Gasteiger partial charge in [-0.25, -0.2) is 4.39 Å². The highest BCUT2D eigenvalue weighted by molar-refractivity contribution is 6.51. The summed E-state index contributed by atoms with van der Waals surface area (Å²) in [6.07, 6.45) is 0. The zero-order valence-electron chi connectivity index (χ0n) is 17.1. The third-order valence-corrected chi connectivity index (χ3v) is 5.37. The van der Waals surface area contributed by atoms with Gasteiger partial charge in [-0.1, -0.05) is 29.8 Å². The molecule has 1 aliphatic heterocycles. The predicted octanol–water partition coefficient (Wildman–Crippen LogP) is 5.50. The number of halogens is 2. The van der Waals surface area contributed by atoms with Crippen molar-refractivity contribution >= 4 is 34.7 Å². The first-order chi connectivity index (χ1) is 15.4. The van der Waals surface area contributed by atoms with Gasteiger partial charge >= 0.3 is 0 Å². The lowest BCUT2D eigenvalue weighted by Crippen LogP contribution is -2.29. The van der Waals surface area contributed by atoms with Crippen LogP contribution in [0.25, 0.3) is 5.76 Å². The Morgan fingerprint density at radius 3 is 2.47 bits per heavy atom. The van der Waals surface area contributed by atoms with Gasteiger partial charge < -0.3 is 9.84 Å². The summed E-state index contributed by atoms with van der Waals surface area (Å²) in [5.41, 5.74) is 1.10. The number of Topliss-reactive ketones (excluding diaryl/α,β-unsaturated/α-hetero) is 1. The van der Waals surface area contributed by atoms with Crippen LogP contribution in [0.4, 0.5) is 10.1 Å². The van der Waals surface area contributed by atoms with Crippen LogP contribution in [0.2, 0.25) is 5.02 Å². The smallest absolute Gasteiger partial charge is 0.300 e. The van der Waals surface area contributed by atoms with E-state index in [0.29, 0.717) is 28.6 Å². The van der Waals surface area contributed by atoms with Crippen molar-refractivity contribution in [3.8, 4) is 5.75 Å². The molecule has 0 saturated carbocycles. The van der Waals surface area contributed by atoms with Crippen molar-refractivity contribution in [3.05, 3.63) is 100 Å². The van der Waals surface area contributed by atoms with E-state index in [0.717, 1.165) is 0 Å². The second-order valence-electron chi connectivity index (χ2n) is 7.16. The van der Waals surface area contributed by atoms with E-state index in [1.54, 1.807) is 48.5 Å². The topological polar surface area (TPSA) is 66.8 Å². The second-order valence-corrected chi connectivity index (χ2v) is 7.60. The number of amides is 1. The number of ketones is 1. The van der Waals surface area contributed by atoms with Crippen LogP contribution >= 0.6 is 11.6 Å². The van der Waals surface area contributed by atoms with Crippen molar-refractivity contribution in [2.24, 2.45) is 0 Å². The molecule has 5 nitrogen and oxygen atoms in total. The molecular weight excluding hydrogens is 433 g/mol. The number of anilines is 1. The number of aliphatic hydroxyl groups is 1. The summed E-state index contributed by atoms with van der Waals surface area (Å²) in [5, 5.41) is 11.4. The van der Waals surface area contributed by atoms with Gasteiger partial charge in [0.05, 0.1) is 18.2 Å². The zero-order valence-corrected chi connectivity index (χ0v) is 17.8. The predicted molar refractivity (Wildman–Crippen MR) is 120 cm³/mol. The molecule has 0 aliphatic carbocycles. The van der Waals surface area contributed by atoms with Crippen LogP contribution in [0.15, 0.2) is 78.4 Å². The molecule has 1 atom stereocenters. The Hall–Kier alpha value is -3.64. The van der Waals surface area contributed by atoms with Gasteiger partial charge in [0.25, 0.3) is 11.7 Å². The Morgan fingerprint density at radius 2 is 1.78 bits per heavy atom. The van der Waals surface area contributed by atoms with E-state index in [1.807, 2.05) is 6.92 Å². The molecule has 3 aromatic carbocycles. The summed E-state index contributed by atoms with van der Waals surface area (Å²) >= 11 is 6.14. The van der Waals surface area contributed by atoms with Gasteiger partial charge in [0, 0.05) is 16.3 Å². The number of ether oxygens (including phenoxy) is 1. The van der Waals surface area contributed by atoms with E-state index < -0.39 is 23.5 Å². The molecule has 1 fully saturated rings. The average molecular weight is 452 g/mol. The molecule has 1 unspecified atom stereocenters.